The summed E-state index contributed by atoms with van der Waals surface area (Å²) < 4.78 is 0. The first-order valence-corrected chi connectivity index (χ1v) is 14.8. The van der Waals surface area contributed by atoms with Crippen molar-refractivity contribution >= 4 is 33.6 Å². The largest absolute Gasteiger partial charge is 0.395 e. The molecule has 1 aliphatic heterocycles. The minimum absolute atomic E-state index is 0.0309. The van der Waals surface area contributed by atoms with Crippen molar-refractivity contribution in [1.82, 2.24) is 0 Å². The van der Waals surface area contributed by atoms with Gasteiger partial charge in [0.15, 0.2) is 0 Å². The number of aliphatic hydroxyl groups excluding tert-OH is 1. The summed E-state index contributed by atoms with van der Waals surface area (Å²) in [6.07, 6.45) is 16.3. The van der Waals surface area contributed by atoms with Gasteiger partial charge in [-0.05, 0) is 88.3 Å². The second-order valence-electron chi connectivity index (χ2n) is 11.6. The molecule has 0 amide bonds. The normalized spacial score (nSPS) is 18.8. The molecular formula is C37H40ClNO. The van der Waals surface area contributed by atoms with Crippen LogP contribution >= 0.6 is 11.6 Å². The van der Waals surface area contributed by atoms with E-state index in [1.165, 1.54) is 38.6 Å². The van der Waals surface area contributed by atoms with Gasteiger partial charge in [-0.3, -0.25) is 0 Å². The molecule has 1 unspecified atom stereocenters. The highest BCUT2D eigenvalue weighted by Crippen LogP contribution is 2.40. The number of rotatable bonds is 7. The Morgan fingerprint density at radius 2 is 1.77 bits per heavy atom. The summed E-state index contributed by atoms with van der Waals surface area (Å²) in [6, 6.07) is 21.6. The van der Waals surface area contributed by atoms with Gasteiger partial charge in [0.05, 0.1) is 6.61 Å². The van der Waals surface area contributed by atoms with E-state index >= 15 is 0 Å². The quantitative estimate of drug-likeness (QED) is 0.317. The summed E-state index contributed by atoms with van der Waals surface area (Å²) in [5, 5.41) is 13.0. The maximum Gasteiger partial charge on any atom is 0.0610 e. The Labute approximate surface area is 244 Å². The van der Waals surface area contributed by atoms with E-state index in [1.807, 2.05) is 6.07 Å². The van der Waals surface area contributed by atoms with Crippen LogP contribution in [0.3, 0.4) is 0 Å². The first kappa shape index (κ1) is 28.2. The van der Waals surface area contributed by atoms with E-state index in [2.05, 4.69) is 124 Å². The van der Waals surface area contributed by atoms with E-state index in [0.717, 1.165) is 35.6 Å². The SMILES string of the molecule is Cc1ccc2ccccc2c1C(C)(C)C(C)/C=C/C1=C(Cl)C(=C/C=C2/C=CN(CCO)c3ccccc32)/CCC1. The predicted octanol–water partition coefficient (Wildman–Crippen LogP) is 9.63. The molecular weight excluding hydrogens is 510 g/mol. The van der Waals surface area contributed by atoms with Crippen LogP contribution in [0.2, 0.25) is 0 Å². The summed E-state index contributed by atoms with van der Waals surface area (Å²) in [5.74, 6) is 0.330. The molecule has 0 saturated carbocycles. The molecule has 206 valence electrons. The smallest absolute Gasteiger partial charge is 0.0610 e. The van der Waals surface area contributed by atoms with Crippen molar-refractivity contribution in [2.45, 2.75) is 52.4 Å². The molecule has 1 N–H and O–H groups in total. The summed E-state index contributed by atoms with van der Waals surface area (Å²) in [6.45, 7) is 9.99. The molecule has 0 aromatic heterocycles. The molecule has 1 aliphatic carbocycles. The van der Waals surface area contributed by atoms with E-state index in [9.17, 15) is 5.11 Å². The van der Waals surface area contributed by atoms with Crippen molar-refractivity contribution in [1.29, 1.82) is 0 Å². The van der Waals surface area contributed by atoms with Crippen molar-refractivity contribution in [2.24, 2.45) is 5.92 Å². The van der Waals surface area contributed by atoms with Gasteiger partial charge in [-0.2, -0.15) is 0 Å². The fourth-order valence-electron chi connectivity index (χ4n) is 6.12. The van der Waals surface area contributed by atoms with Gasteiger partial charge in [-0.15, -0.1) is 0 Å². The molecule has 0 spiro atoms. The van der Waals surface area contributed by atoms with Crippen molar-refractivity contribution < 1.29 is 5.11 Å². The van der Waals surface area contributed by atoms with Crippen LogP contribution in [0.25, 0.3) is 16.3 Å². The third kappa shape index (κ3) is 5.61. The number of halogens is 1. The van der Waals surface area contributed by atoms with E-state index in [0.29, 0.717) is 12.5 Å². The van der Waals surface area contributed by atoms with E-state index in [-0.39, 0.29) is 12.0 Å². The average molecular weight is 550 g/mol. The third-order valence-corrected chi connectivity index (χ3v) is 9.21. The van der Waals surface area contributed by atoms with Gasteiger partial charge >= 0.3 is 0 Å². The molecule has 1 atom stereocenters. The number of fused-ring (bicyclic) bond motifs is 2. The maximum absolute atomic E-state index is 9.45. The Balaban J connectivity index is 1.41. The first-order chi connectivity index (χ1) is 19.3. The average Bonchev–Trinajstić information content (AvgIpc) is 2.96. The standard InChI is InChI=1S/C37H40ClNO/c1-26-16-18-28-10-5-6-14-33(28)35(26)37(3,4)27(2)17-19-30-11-9-12-31(36(30)38)21-20-29-22-23-39(24-25-40)34-15-8-7-13-32(29)34/h5-8,10,13-23,27,40H,9,11-12,24-25H2,1-4H3/b19-17+,29-20-,31-21+. The summed E-state index contributed by atoms with van der Waals surface area (Å²) >= 11 is 7.03. The molecule has 2 nitrogen and oxygen atoms in total. The van der Waals surface area contributed by atoms with Gasteiger partial charge in [0.2, 0.25) is 0 Å². The lowest BCUT2D eigenvalue weighted by Crippen LogP contribution is -2.26. The van der Waals surface area contributed by atoms with E-state index in [1.54, 1.807) is 0 Å². The lowest BCUT2D eigenvalue weighted by Gasteiger charge is -2.33. The number of hydrogen-bond donors (Lipinski definition) is 1. The summed E-state index contributed by atoms with van der Waals surface area (Å²) in [5.41, 5.74) is 8.61. The lowest BCUT2D eigenvalue weighted by atomic mass is 9.70. The summed E-state index contributed by atoms with van der Waals surface area (Å²) in [7, 11) is 0. The highest BCUT2D eigenvalue weighted by Gasteiger charge is 2.29. The number of anilines is 1. The highest BCUT2D eigenvalue weighted by atomic mass is 35.5. The van der Waals surface area contributed by atoms with Crippen LogP contribution in [0.4, 0.5) is 5.69 Å². The minimum Gasteiger partial charge on any atom is -0.395 e. The topological polar surface area (TPSA) is 23.5 Å². The number of nitrogens with zero attached hydrogens (tertiary/aromatic N) is 1. The van der Waals surface area contributed by atoms with Crippen molar-refractivity contribution in [3.63, 3.8) is 0 Å². The molecule has 0 bridgehead atoms. The number of aliphatic hydroxyl groups is 1. The van der Waals surface area contributed by atoms with Crippen LogP contribution in [0, 0.1) is 12.8 Å². The Hall–Kier alpha value is -3.33. The molecule has 2 aliphatic rings. The number of hydrogen-bond acceptors (Lipinski definition) is 2. The predicted molar refractivity (Wildman–Crippen MR) is 173 cm³/mol. The Morgan fingerprint density at radius 1 is 1.00 bits per heavy atom. The molecule has 0 saturated heterocycles. The van der Waals surface area contributed by atoms with Gasteiger partial charge in [-0.25, -0.2) is 0 Å². The van der Waals surface area contributed by atoms with Gasteiger partial charge in [-0.1, -0.05) is 111 Å². The number of para-hydroxylation sites is 1. The monoisotopic (exact) mass is 549 g/mol. The van der Waals surface area contributed by atoms with Crippen LogP contribution in [0.1, 0.15) is 56.7 Å². The van der Waals surface area contributed by atoms with E-state index in [4.69, 9.17) is 11.6 Å². The van der Waals surface area contributed by atoms with Crippen LogP contribution in [-0.4, -0.2) is 18.3 Å². The van der Waals surface area contributed by atoms with Gasteiger partial charge < -0.3 is 10.0 Å². The fraction of sp³-hybridized carbons (Fsp3) is 0.297. The van der Waals surface area contributed by atoms with Crippen molar-refractivity contribution in [2.75, 3.05) is 18.1 Å². The lowest BCUT2D eigenvalue weighted by molar-refractivity contribution is 0.305. The van der Waals surface area contributed by atoms with E-state index < -0.39 is 0 Å². The van der Waals surface area contributed by atoms with Crippen LogP contribution < -0.4 is 4.90 Å². The number of benzene rings is 3. The second-order valence-corrected chi connectivity index (χ2v) is 12.0. The van der Waals surface area contributed by atoms with Gasteiger partial charge in [0, 0.05) is 29.0 Å². The molecule has 0 radical (unpaired) electrons. The van der Waals surface area contributed by atoms with Crippen LogP contribution in [-0.2, 0) is 5.41 Å². The molecule has 3 aromatic rings. The first-order valence-electron chi connectivity index (χ1n) is 14.4. The maximum atomic E-state index is 9.45. The van der Waals surface area contributed by atoms with Crippen molar-refractivity contribution in [3.05, 3.63) is 130 Å². The fourth-order valence-corrected chi connectivity index (χ4v) is 6.43. The Morgan fingerprint density at radius 3 is 2.60 bits per heavy atom. The molecule has 40 heavy (non-hydrogen) atoms. The Kier molecular flexibility index (Phi) is 8.49. The minimum atomic E-state index is -0.0309. The second kappa shape index (κ2) is 12.0. The number of aryl methyl sites for hydroxylation is 1. The van der Waals surface area contributed by atoms with Gasteiger partial charge in [0.25, 0.3) is 0 Å². The number of β-amino-alcohol motifs (C(OH)–C–C–N with tert-alkyl or cyclic N) is 1. The van der Waals surface area contributed by atoms with Gasteiger partial charge in [0.1, 0.15) is 0 Å². The molecule has 0 fully saturated rings. The molecule has 3 heteroatoms. The molecule has 1 heterocycles. The van der Waals surface area contributed by atoms with Crippen LogP contribution in [0.5, 0.6) is 0 Å². The third-order valence-electron chi connectivity index (χ3n) is 8.73. The molecule has 3 aromatic carbocycles. The van der Waals surface area contributed by atoms with Crippen molar-refractivity contribution in [3.8, 4) is 0 Å². The summed E-state index contributed by atoms with van der Waals surface area (Å²) in [4.78, 5) is 2.10. The highest BCUT2D eigenvalue weighted by molar-refractivity contribution is 6.32. The van der Waals surface area contributed by atoms with Crippen LogP contribution in [0.15, 0.2) is 113 Å². The number of allylic oxidation sites excluding steroid dienone is 9. The zero-order valence-corrected chi connectivity index (χ0v) is 24.9. The zero-order valence-electron chi connectivity index (χ0n) is 24.1. The zero-order chi connectivity index (χ0) is 28.3. The molecule has 5 rings (SSSR count). The Bertz CT molecular complexity index is 1550.